The van der Waals surface area contributed by atoms with E-state index in [0.717, 1.165) is 35.8 Å². The summed E-state index contributed by atoms with van der Waals surface area (Å²) in [4.78, 5) is 6.96. The first kappa shape index (κ1) is 15.6. The summed E-state index contributed by atoms with van der Waals surface area (Å²) in [5.74, 6) is 1.38. The Hall–Kier alpha value is -2.34. The summed E-state index contributed by atoms with van der Waals surface area (Å²) in [6.45, 7) is 7.93. The highest BCUT2D eigenvalue weighted by Crippen LogP contribution is 2.24. The number of nitrogens with zero attached hydrogens (tertiary/aromatic N) is 5. The van der Waals surface area contributed by atoms with E-state index < -0.39 is 0 Å². The number of aryl methyl sites for hydroxylation is 3. The summed E-state index contributed by atoms with van der Waals surface area (Å²) >= 11 is 0. The fourth-order valence-electron chi connectivity index (χ4n) is 2.73. The number of rotatable bonds is 4. The maximum Gasteiger partial charge on any atom is 0.233 e. The number of aromatic nitrogens is 4. The first-order valence-electron chi connectivity index (χ1n) is 7.81. The predicted octanol–water partition coefficient (Wildman–Crippen LogP) is 2.29. The Kier molecular flexibility index (Phi) is 3.85. The molecule has 2 heterocycles. The Balaban J connectivity index is 2.22. The van der Waals surface area contributed by atoms with Gasteiger partial charge in [0.2, 0.25) is 5.95 Å². The minimum absolute atomic E-state index is 0.609. The molecule has 1 aromatic carbocycles. The molecule has 0 bridgehead atoms. The van der Waals surface area contributed by atoms with Crippen LogP contribution >= 0.6 is 0 Å². The molecule has 0 aliphatic heterocycles. The molecule has 3 rings (SSSR count). The van der Waals surface area contributed by atoms with E-state index in [9.17, 15) is 0 Å². The highest BCUT2D eigenvalue weighted by molar-refractivity contribution is 5.79. The summed E-state index contributed by atoms with van der Waals surface area (Å²) in [7, 11) is 4.14. The molecule has 0 fully saturated rings. The van der Waals surface area contributed by atoms with Crippen LogP contribution in [-0.4, -0.2) is 44.9 Å². The van der Waals surface area contributed by atoms with Crippen LogP contribution in [0.15, 0.2) is 18.2 Å². The zero-order chi connectivity index (χ0) is 16.7. The molecule has 6 heteroatoms. The number of anilines is 1. The molecule has 122 valence electrons. The van der Waals surface area contributed by atoms with E-state index in [4.69, 9.17) is 10.7 Å². The number of hydrogen-bond donors (Lipinski definition) is 1. The molecule has 0 atom stereocenters. The first-order valence-corrected chi connectivity index (χ1v) is 7.81. The fraction of sp³-hybridized carbons (Fsp3) is 0.412. The number of fused-ring (bicyclic) bond motifs is 1. The van der Waals surface area contributed by atoms with Crippen LogP contribution in [-0.2, 0) is 6.54 Å². The molecule has 23 heavy (non-hydrogen) atoms. The van der Waals surface area contributed by atoms with Crippen LogP contribution in [0.4, 0.5) is 5.82 Å². The second-order valence-electron chi connectivity index (χ2n) is 6.41. The average Bonchev–Trinajstić information content (AvgIpc) is 2.97. The molecule has 0 radical (unpaired) electrons. The summed E-state index contributed by atoms with van der Waals surface area (Å²) in [5.41, 5.74) is 11.6. The van der Waals surface area contributed by atoms with Gasteiger partial charge in [-0.2, -0.15) is 9.78 Å². The average molecular weight is 312 g/mol. The highest BCUT2D eigenvalue weighted by Gasteiger charge is 2.16. The lowest BCUT2D eigenvalue weighted by Gasteiger charge is -2.14. The van der Waals surface area contributed by atoms with E-state index in [1.165, 1.54) is 11.1 Å². The van der Waals surface area contributed by atoms with Crippen molar-refractivity contribution in [3.63, 3.8) is 0 Å². The largest absolute Gasteiger partial charge is 0.383 e. The molecule has 2 N–H and O–H groups in total. The van der Waals surface area contributed by atoms with Crippen LogP contribution in [0, 0.1) is 20.8 Å². The molecule has 0 saturated carbocycles. The molecule has 3 aromatic rings. The third-order valence-corrected chi connectivity index (χ3v) is 4.16. The van der Waals surface area contributed by atoms with Gasteiger partial charge in [0.25, 0.3) is 0 Å². The first-order chi connectivity index (χ1) is 10.9. The van der Waals surface area contributed by atoms with Crippen molar-refractivity contribution in [1.29, 1.82) is 0 Å². The monoisotopic (exact) mass is 312 g/mol. The zero-order valence-corrected chi connectivity index (χ0v) is 14.5. The van der Waals surface area contributed by atoms with Crippen LogP contribution < -0.4 is 5.73 Å². The molecule has 0 saturated heterocycles. The Morgan fingerprint density at radius 3 is 2.39 bits per heavy atom. The molecular weight excluding hydrogens is 288 g/mol. The highest BCUT2D eigenvalue weighted by atomic mass is 15.4. The summed E-state index contributed by atoms with van der Waals surface area (Å²) in [6, 6.07) is 6.20. The second kappa shape index (κ2) is 5.70. The maximum absolute atomic E-state index is 6.12. The van der Waals surface area contributed by atoms with Crippen LogP contribution in [0.5, 0.6) is 0 Å². The predicted molar refractivity (Wildman–Crippen MR) is 94.0 cm³/mol. The number of benzene rings is 1. The van der Waals surface area contributed by atoms with Gasteiger partial charge in [0.1, 0.15) is 5.82 Å². The molecule has 0 amide bonds. The third kappa shape index (κ3) is 2.82. The number of nitrogens with two attached hydrogens (primary N) is 1. The van der Waals surface area contributed by atoms with E-state index in [1.54, 1.807) is 4.68 Å². The normalized spacial score (nSPS) is 11.7. The van der Waals surface area contributed by atoms with E-state index in [0.29, 0.717) is 5.82 Å². The smallest absolute Gasteiger partial charge is 0.233 e. The van der Waals surface area contributed by atoms with Gasteiger partial charge in [-0.15, -0.1) is 0 Å². The van der Waals surface area contributed by atoms with Crippen LogP contribution in [0.3, 0.4) is 0 Å². The van der Waals surface area contributed by atoms with Gasteiger partial charge in [-0.25, -0.2) is 4.98 Å². The Morgan fingerprint density at radius 1 is 1.09 bits per heavy atom. The van der Waals surface area contributed by atoms with Crippen molar-refractivity contribution in [3.05, 3.63) is 35.0 Å². The van der Waals surface area contributed by atoms with Gasteiger partial charge in [0.15, 0.2) is 0 Å². The Morgan fingerprint density at radius 2 is 1.78 bits per heavy atom. The SMILES string of the molecule is Cc1cc(N)n(-c2nc3cc(C)c(C)cc3n2CCN(C)C)n1. The van der Waals surface area contributed by atoms with E-state index in [-0.39, 0.29) is 0 Å². The topological polar surface area (TPSA) is 64.9 Å². The molecule has 6 nitrogen and oxygen atoms in total. The van der Waals surface area contributed by atoms with Gasteiger partial charge in [0.05, 0.1) is 16.7 Å². The van der Waals surface area contributed by atoms with Crippen molar-refractivity contribution in [2.45, 2.75) is 27.3 Å². The van der Waals surface area contributed by atoms with Crippen LogP contribution in [0.25, 0.3) is 17.0 Å². The number of likely N-dealkylation sites (N-methyl/N-ethyl adjacent to an activating group) is 1. The van der Waals surface area contributed by atoms with Crippen molar-refractivity contribution in [3.8, 4) is 5.95 Å². The van der Waals surface area contributed by atoms with Crippen molar-refractivity contribution in [1.82, 2.24) is 24.2 Å². The minimum Gasteiger partial charge on any atom is -0.383 e. The molecule has 2 aromatic heterocycles. The molecule has 0 unspecified atom stereocenters. The van der Waals surface area contributed by atoms with Gasteiger partial charge in [-0.05, 0) is 58.1 Å². The number of hydrogen-bond acceptors (Lipinski definition) is 4. The van der Waals surface area contributed by atoms with Gasteiger partial charge >= 0.3 is 0 Å². The van der Waals surface area contributed by atoms with Gasteiger partial charge < -0.3 is 15.2 Å². The van der Waals surface area contributed by atoms with Crippen molar-refractivity contribution < 1.29 is 0 Å². The number of imidazole rings is 1. The van der Waals surface area contributed by atoms with Gasteiger partial charge in [-0.3, -0.25) is 0 Å². The molecule has 0 aliphatic rings. The molecule has 0 aliphatic carbocycles. The van der Waals surface area contributed by atoms with Crippen molar-refractivity contribution in [2.24, 2.45) is 0 Å². The van der Waals surface area contributed by atoms with E-state index in [2.05, 4.69) is 54.6 Å². The van der Waals surface area contributed by atoms with E-state index >= 15 is 0 Å². The lowest BCUT2D eigenvalue weighted by atomic mass is 10.1. The standard InChI is InChI=1S/C17H24N6/c1-11-8-14-15(9-12(11)2)22(7-6-21(4)5)17(19-14)23-16(18)10-13(3)20-23/h8-10H,6-7,18H2,1-5H3. The lowest BCUT2D eigenvalue weighted by molar-refractivity contribution is 0.385. The van der Waals surface area contributed by atoms with Crippen LogP contribution in [0.1, 0.15) is 16.8 Å². The maximum atomic E-state index is 6.12. The number of nitrogen functional groups attached to an aromatic ring is 1. The Labute approximate surface area is 136 Å². The fourth-order valence-corrected chi connectivity index (χ4v) is 2.73. The summed E-state index contributed by atoms with van der Waals surface area (Å²) in [5, 5.41) is 4.50. The van der Waals surface area contributed by atoms with Gasteiger partial charge in [-0.1, -0.05) is 0 Å². The zero-order valence-electron chi connectivity index (χ0n) is 14.5. The molecule has 0 spiro atoms. The lowest BCUT2D eigenvalue weighted by Crippen LogP contribution is -2.20. The summed E-state index contributed by atoms with van der Waals surface area (Å²) in [6.07, 6.45) is 0. The minimum atomic E-state index is 0.609. The molecular formula is C17H24N6. The van der Waals surface area contributed by atoms with Crippen molar-refractivity contribution >= 4 is 16.9 Å². The third-order valence-electron chi connectivity index (χ3n) is 4.16. The Bertz CT molecular complexity index is 856. The van der Waals surface area contributed by atoms with E-state index in [1.807, 2.05) is 13.0 Å². The van der Waals surface area contributed by atoms with Crippen molar-refractivity contribution in [2.75, 3.05) is 26.4 Å². The van der Waals surface area contributed by atoms with Crippen LogP contribution in [0.2, 0.25) is 0 Å². The van der Waals surface area contributed by atoms with Gasteiger partial charge in [0, 0.05) is 19.2 Å². The quantitative estimate of drug-likeness (QED) is 0.803. The second-order valence-corrected chi connectivity index (χ2v) is 6.41. The summed E-state index contributed by atoms with van der Waals surface area (Å²) < 4.78 is 3.93.